The Bertz CT molecular complexity index is 884. The highest BCUT2D eigenvalue weighted by atomic mass is 16.6. The second-order valence-electron chi connectivity index (χ2n) is 10.3. The number of carbonyl (C=O) groups excluding carboxylic acids is 3. The fraction of sp³-hybridized carbons (Fsp3) is 0.593. The first-order valence-corrected chi connectivity index (χ1v) is 12.2. The van der Waals surface area contributed by atoms with Gasteiger partial charge in [-0.15, -0.1) is 6.58 Å². The predicted octanol–water partition coefficient (Wildman–Crippen LogP) is 4.72. The number of ether oxygens (including phenoxy) is 1. The van der Waals surface area contributed by atoms with Gasteiger partial charge in [-0.1, -0.05) is 49.1 Å². The maximum atomic E-state index is 13.7. The molecule has 1 saturated carbocycles. The van der Waals surface area contributed by atoms with E-state index in [1.165, 1.54) is 11.3 Å². The van der Waals surface area contributed by atoms with Crippen LogP contribution < -0.4 is 10.6 Å². The number of hydrogen-bond acceptors (Lipinski definition) is 4. The molecule has 2 atom stereocenters. The Labute approximate surface area is 204 Å². The average Bonchev–Trinajstić information content (AvgIpc) is 2.73. The van der Waals surface area contributed by atoms with Crippen molar-refractivity contribution in [1.82, 2.24) is 15.5 Å². The van der Waals surface area contributed by atoms with E-state index in [0.29, 0.717) is 0 Å². The SMILES string of the molecule is C=CCN(C(=O)C(C)NC(=O)OC(C)(C)C)C(C(=O)NC1CCCCC1)c1ccc(C)cc1C. The first-order chi connectivity index (χ1) is 15.9. The van der Waals surface area contributed by atoms with Crippen molar-refractivity contribution in [3.63, 3.8) is 0 Å². The van der Waals surface area contributed by atoms with E-state index in [9.17, 15) is 14.4 Å². The molecule has 2 unspecified atom stereocenters. The van der Waals surface area contributed by atoms with Gasteiger partial charge in [0.2, 0.25) is 11.8 Å². The molecular weight excluding hydrogens is 430 g/mol. The van der Waals surface area contributed by atoms with Crippen molar-refractivity contribution >= 4 is 17.9 Å². The van der Waals surface area contributed by atoms with Crippen molar-refractivity contribution in [2.24, 2.45) is 0 Å². The molecule has 0 radical (unpaired) electrons. The van der Waals surface area contributed by atoms with E-state index >= 15 is 0 Å². The van der Waals surface area contributed by atoms with Crippen LogP contribution in [0.3, 0.4) is 0 Å². The zero-order chi connectivity index (χ0) is 25.5. The summed E-state index contributed by atoms with van der Waals surface area (Å²) in [7, 11) is 0. The largest absolute Gasteiger partial charge is 0.444 e. The molecule has 2 N–H and O–H groups in total. The first-order valence-electron chi connectivity index (χ1n) is 12.2. The van der Waals surface area contributed by atoms with Gasteiger partial charge in [0.1, 0.15) is 17.7 Å². The molecule has 1 aliphatic carbocycles. The van der Waals surface area contributed by atoms with E-state index in [-0.39, 0.29) is 24.4 Å². The average molecular weight is 472 g/mol. The summed E-state index contributed by atoms with van der Waals surface area (Å²) < 4.78 is 5.30. The second kappa shape index (κ2) is 12.0. The molecule has 1 aliphatic rings. The van der Waals surface area contributed by atoms with Crippen LogP contribution in [0, 0.1) is 13.8 Å². The highest BCUT2D eigenvalue weighted by Gasteiger charge is 2.35. The van der Waals surface area contributed by atoms with Crippen LogP contribution >= 0.6 is 0 Å². The third-order valence-electron chi connectivity index (χ3n) is 5.94. The van der Waals surface area contributed by atoms with Crippen molar-refractivity contribution in [2.75, 3.05) is 6.54 Å². The van der Waals surface area contributed by atoms with Gasteiger partial charge < -0.3 is 20.3 Å². The van der Waals surface area contributed by atoms with E-state index in [1.807, 2.05) is 32.0 Å². The van der Waals surface area contributed by atoms with Crippen LogP contribution in [0.15, 0.2) is 30.9 Å². The number of rotatable bonds is 8. The second-order valence-corrected chi connectivity index (χ2v) is 10.3. The molecule has 7 nitrogen and oxygen atoms in total. The number of alkyl carbamates (subject to hydrolysis) is 1. The van der Waals surface area contributed by atoms with Crippen LogP contribution in [0.1, 0.15) is 82.5 Å². The molecule has 0 heterocycles. The Hall–Kier alpha value is -2.83. The summed E-state index contributed by atoms with van der Waals surface area (Å²) in [5.41, 5.74) is 2.08. The Morgan fingerprint density at radius 3 is 2.38 bits per heavy atom. The highest BCUT2D eigenvalue weighted by molar-refractivity contribution is 5.92. The Morgan fingerprint density at radius 2 is 1.82 bits per heavy atom. The lowest BCUT2D eigenvalue weighted by Crippen LogP contribution is -2.53. The Kier molecular flexibility index (Phi) is 9.71. The minimum absolute atomic E-state index is 0.104. The highest BCUT2D eigenvalue weighted by Crippen LogP contribution is 2.27. The lowest BCUT2D eigenvalue weighted by Gasteiger charge is -2.35. The van der Waals surface area contributed by atoms with Crippen LogP contribution in [-0.2, 0) is 14.3 Å². The monoisotopic (exact) mass is 471 g/mol. The van der Waals surface area contributed by atoms with Crippen molar-refractivity contribution in [3.8, 4) is 0 Å². The number of nitrogens with one attached hydrogen (secondary N) is 2. The molecule has 3 amide bonds. The summed E-state index contributed by atoms with van der Waals surface area (Å²) in [6, 6.07) is 4.25. The quantitative estimate of drug-likeness (QED) is 0.537. The molecule has 1 aromatic rings. The van der Waals surface area contributed by atoms with Gasteiger partial charge in [0, 0.05) is 12.6 Å². The lowest BCUT2D eigenvalue weighted by molar-refractivity contribution is -0.141. The third-order valence-corrected chi connectivity index (χ3v) is 5.94. The molecular formula is C27H41N3O4. The molecule has 0 aliphatic heterocycles. The molecule has 0 bridgehead atoms. The van der Waals surface area contributed by atoms with Crippen LogP contribution in [0.4, 0.5) is 4.79 Å². The fourth-order valence-corrected chi connectivity index (χ4v) is 4.37. The number of amides is 3. The van der Waals surface area contributed by atoms with E-state index in [0.717, 1.165) is 42.4 Å². The fourth-order valence-electron chi connectivity index (χ4n) is 4.37. The van der Waals surface area contributed by atoms with Crippen molar-refractivity contribution in [2.45, 2.75) is 97.4 Å². The Morgan fingerprint density at radius 1 is 1.18 bits per heavy atom. The zero-order valence-corrected chi connectivity index (χ0v) is 21.6. The summed E-state index contributed by atoms with van der Waals surface area (Å²) in [4.78, 5) is 41.0. The van der Waals surface area contributed by atoms with Gasteiger partial charge in [-0.05, 0) is 65.5 Å². The number of hydrogen-bond donors (Lipinski definition) is 2. The number of carbonyl (C=O) groups is 3. The van der Waals surface area contributed by atoms with Crippen LogP contribution in [0.2, 0.25) is 0 Å². The molecule has 1 aromatic carbocycles. The summed E-state index contributed by atoms with van der Waals surface area (Å²) in [5.74, 6) is -0.590. The maximum Gasteiger partial charge on any atom is 0.408 e. The van der Waals surface area contributed by atoms with Gasteiger partial charge in [-0.25, -0.2) is 4.79 Å². The van der Waals surface area contributed by atoms with E-state index < -0.39 is 23.8 Å². The van der Waals surface area contributed by atoms with Crippen molar-refractivity contribution in [3.05, 3.63) is 47.5 Å². The maximum absolute atomic E-state index is 13.7. The molecule has 0 aromatic heterocycles. The molecule has 7 heteroatoms. The number of aryl methyl sites for hydroxylation is 2. The zero-order valence-electron chi connectivity index (χ0n) is 21.6. The smallest absolute Gasteiger partial charge is 0.408 e. The van der Waals surface area contributed by atoms with Crippen LogP contribution in [0.25, 0.3) is 0 Å². The third kappa shape index (κ3) is 7.89. The van der Waals surface area contributed by atoms with Crippen molar-refractivity contribution < 1.29 is 19.1 Å². The van der Waals surface area contributed by atoms with Crippen LogP contribution in [-0.4, -0.2) is 47.0 Å². The van der Waals surface area contributed by atoms with Gasteiger partial charge >= 0.3 is 6.09 Å². The van der Waals surface area contributed by atoms with Gasteiger partial charge in [0.05, 0.1) is 0 Å². The van der Waals surface area contributed by atoms with Gasteiger partial charge in [0.25, 0.3) is 0 Å². The van der Waals surface area contributed by atoms with E-state index in [2.05, 4.69) is 17.2 Å². The molecule has 0 saturated heterocycles. The Balaban J connectivity index is 2.36. The first kappa shape index (κ1) is 27.4. The molecule has 34 heavy (non-hydrogen) atoms. The topological polar surface area (TPSA) is 87.7 Å². The van der Waals surface area contributed by atoms with Gasteiger partial charge in [0.15, 0.2) is 0 Å². The predicted molar refractivity (Wildman–Crippen MR) is 134 cm³/mol. The molecule has 0 spiro atoms. The van der Waals surface area contributed by atoms with Gasteiger partial charge in [-0.2, -0.15) is 0 Å². The minimum Gasteiger partial charge on any atom is -0.444 e. The summed E-state index contributed by atoms with van der Waals surface area (Å²) in [6.45, 7) is 14.8. The summed E-state index contributed by atoms with van der Waals surface area (Å²) >= 11 is 0. The van der Waals surface area contributed by atoms with Crippen LogP contribution in [0.5, 0.6) is 0 Å². The molecule has 188 valence electrons. The minimum atomic E-state index is -0.884. The van der Waals surface area contributed by atoms with E-state index in [1.54, 1.807) is 33.8 Å². The summed E-state index contributed by atoms with van der Waals surface area (Å²) in [5, 5.41) is 5.79. The van der Waals surface area contributed by atoms with Crippen molar-refractivity contribution in [1.29, 1.82) is 0 Å². The number of benzene rings is 1. The van der Waals surface area contributed by atoms with E-state index in [4.69, 9.17) is 4.74 Å². The molecule has 1 fully saturated rings. The molecule has 2 rings (SSSR count). The van der Waals surface area contributed by atoms with Gasteiger partial charge in [-0.3, -0.25) is 9.59 Å². The normalized spacial score (nSPS) is 16.2. The summed E-state index contributed by atoms with van der Waals surface area (Å²) in [6.07, 6.45) is 6.16. The standard InChI is InChI=1S/C27H41N3O4/c1-8-16-30(25(32)20(4)28-26(33)34-27(5,6)7)23(22-15-14-18(2)17-19(22)3)24(31)29-21-12-10-9-11-13-21/h8,14-15,17,20-21,23H,1,9-13,16H2,2-7H3,(H,28,33)(H,29,31). The number of nitrogens with zero attached hydrogens (tertiary/aromatic N) is 1. The lowest BCUT2D eigenvalue weighted by atomic mass is 9.93.